The van der Waals surface area contributed by atoms with Crippen molar-refractivity contribution in [2.45, 2.75) is 57.3 Å². The van der Waals surface area contributed by atoms with Crippen LogP contribution in [0.2, 0.25) is 0 Å². The molecule has 0 aromatic rings. The minimum Gasteiger partial charge on any atom is -0.371 e. The van der Waals surface area contributed by atoms with Gasteiger partial charge in [0.25, 0.3) is 0 Å². The molecular weight excluding hydrogens is 162 g/mol. The van der Waals surface area contributed by atoms with Gasteiger partial charge in [0.15, 0.2) is 0 Å². The Hall–Kier alpha value is -0.340. The van der Waals surface area contributed by atoms with Crippen LogP contribution in [0.3, 0.4) is 0 Å². The third-order valence-electron chi connectivity index (χ3n) is 3.05. The highest BCUT2D eigenvalue weighted by molar-refractivity contribution is 5.12. The van der Waals surface area contributed by atoms with Crippen molar-refractivity contribution in [2.75, 3.05) is 0 Å². The second kappa shape index (κ2) is 3.81. The van der Waals surface area contributed by atoms with Crippen LogP contribution in [-0.4, -0.2) is 18.2 Å². The summed E-state index contributed by atoms with van der Waals surface area (Å²) in [5, 5.41) is 0. The van der Waals surface area contributed by atoms with Crippen molar-refractivity contribution in [2.24, 2.45) is 5.73 Å². The number of ether oxygens (including phenoxy) is 1. The van der Waals surface area contributed by atoms with E-state index in [0.29, 0.717) is 18.2 Å². The molecule has 0 radical (unpaired) electrons. The molecule has 0 aromatic carbocycles. The Labute approximate surface area is 80.1 Å². The van der Waals surface area contributed by atoms with E-state index in [2.05, 4.69) is 13.0 Å². The monoisotopic (exact) mass is 181 g/mol. The molecule has 1 aliphatic carbocycles. The van der Waals surface area contributed by atoms with Gasteiger partial charge in [-0.15, -0.1) is 0 Å². The van der Waals surface area contributed by atoms with Gasteiger partial charge in [0.05, 0.1) is 12.2 Å². The average Bonchev–Trinajstić information content (AvgIpc) is 2.62. The first-order valence-electron chi connectivity index (χ1n) is 5.34. The summed E-state index contributed by atoms with van der Waals surface area (Å²) in [7, 11) is 0. The summed E-state index contributed by atoms with van der Waals surface area (Å²) >= 11 is 0. The Morgan fingerprint density at radius 2 is 2.23 bits per heavy atom. The van der Waals surface area contributed by atoms with E-state index in [1.54, 1.807) is 0 Å². The zero-order valence-electron chi connectivity index (χ0n) is 8.33. The maximum absolute atomic E-state index is 5.85. The van der Waals surface area contributed by atoms with Gasteiger partial charge in [0.1, 0.15) is 0 Å². The molecule has 2 fully saturated rings. The van der Waals surface area contributed by atoms with E-state index in [-0.39, 0.29) is 0 Å². The van der Waals surface area contributed by atoms with Gasteiger partial charge in [-0.2, -0.15) is 0 Å². The molecule has 0 aromatic heterocycles. The standard InChI is InChI=1S/C11H19NO/c1-8-2-5-11(13-8)7-9-3-4-10(12)6-9/h7-8,10-11H,2-6,12H2,1H3/b9-7-. The van der Waals surface area contributed by atoms with Crippen molar-refractivity contribution >= 4 is 0 Å². The van der Waals surface area contributed by atoms with Crippen LogP contribution in [-0.2, 0) is 4.74 Å². The van der Waals surface area contributed by atoms with Gasteiger partial charge in [-0.05, 0) is 39.0 Å². The van der Waals surface area contributed by atoms with Crippen molar-refractivity contribution in [3.8, 4) is 0 Å². The number of hydrogen-bond donors (Lipinski definition) is 1. The lowest BCUT2D eigenvalue weighted by Gasteiger charge is -2.07. The van der Waals surface area contributed by atoms with Crippen LogP contribution in [0.25, 0.3) is 0 Å². The van der Waals surface area contributed by atoms with Crippen molar-refractivity contribution < 1.29 is 4.74 Å². The van der Waals surface area contributed by atoms with Crippen LogP contribution in [0, 0.1) is 0 Å². The van der Waals surface area contributed by atoms with Gasteiger partial charge in [0.2, 0.25) is 0 Å². The molecule has 2 aliphatic rings. The first-order chi connectivity index (χ1) is 6.24. The summed E-state index contributed by atoms with van der Waals surface area (Å²) in [5.74, 6) is 0. The van der Waals surface area contributed by atoms with Gasteiger partial charge >= 0.3 is 0 Å². The molecule has 2 nitrogen and oxygen atoms in total. The maximum Gasteiger partial charge on any atom is 0.0763 e. The van der Waals surface area contributed by atoms with Gasteiger partial charge in [-0.1, -0.05) is 11.6 Å². The predicted molar refractivity (Wildman–Crippen MR) is 53.5 cm³/mol. The smallest absolute Gasteiger partial charge is 0.0763 e. The molecule has 3 unspecified atom stereocenters. The molecular formula is C11H19NO. The van der Waals surface area contributed by atoms with Crippen LogP contribution in [0.4, 0.5) is 0 Å². The first-order valence-corrected chi connectivity index (χ1v) is 5.34. The van der Waals surface area contributed by atoms with Gasteiger partial charge in [0, 0.05) is 6.04 Å². The quantitative estimate of drug-likeness (QED) is 0.628. The van der Waals surface area contributed by atoms with Crippen molar-refractivity contribution in [3.05, 3.63) is 11.6 Å². The van der Waals surface area contributed by atoms with E-state index in [9.17, 15) is 0 Å². The molecule has 1 aliphatic heterocycles. The van der Waals surface area contributed by atoms with Crippen molar-refractivity contribution in [3.63, 3.8) is 0 Å². The minimum atomic E-state index is 0.385. The third kappa shape index (κ3) is 2.32. The third-order valence-corrected chi connectivity index (χ3v) is 3.05. The van der Waals surface area contributed by atoms with E-state index in [1.165, 1.54) is 24.8 Å². The van der Waals surface area contributed by atoms with Crippen molar-refractivity contribution in [1.82, 2.24) is 0 Å². The molecule has 1 saturated carbocycles. The molecule has 0 amide bonds. The Morgan fingerprint density at radius 3 is 2.77 bits per heavy atom. The first kappa shape index (κ1) is 9.22. The SMILES string of the molecule is CC1CCC(/C=C2/CCC(N)C2)O1. The maximum atomic E-state index is 5.85. The highest BCUT2D eigenvalue weighted by atomic mass is 16.5. The summed E-state index contributed by atoms with van der Waals surface area (Å²) in [5.41, 5.74) is 7.37. The second-order valence-electron chi connectivity index (χ2n) is 4.39. The molecule has 1 heterocycles. The Kier molecular flexibility index (Phi) is 2.70. The van der Waals surface area contributed by atoms with Crippen LogP contribution in [0.5, 0.6) is 0 Å². The van der Waals surface area contributed by atoms with Crippen LogP contribution >= 0.6 is 0 Å². The largest absolute Gasteiger partial charge is 0.371 e. The van der Waals surface area contributed by atoms with Gasteiger partial charge < -0.3 is 10.5 Å². The molecule has 2 rings (SSSR count). The fourth-order valence-corrected chi connectivity index (χ4v) is 2.28. The normalized spacial score (nSPS) is 43.2. The molecule has 2 N–H and O–H groups in total. The predicted octanol–water partition coefficient (Wildman–Crippen LogP) is 1.99. The number of nitrogens with two attached hydrogens (primary N) is 1. The van der Waals surface area contributed by atoms with E-state index >= 15 is 0 Å². The lowest BCUT2D eigenvalue weighted by atomic mass is 10.1. The van der Waals surface area contributed by atoms with Gasteiger partial charge in [-0.25, -0.2) is 0 Å². The van der Waals surface area contributed by atoms with E-state index in [1.807, 2.05) is 0 Å². The molecule has 2 heteroatoms. The molecule has 0 bridgehead atoms. The lowest BCUT2D eigenvalue weighted by Crippen LogP contribution is -2.13. The van der Waals surface area contributed by atoms with Crippen LogP contribution < -0.4 is 5.73 Å². The van der Waals surface area contributed by atoms with Gasteiger partial charge in [-0.3, -0.25) is 0 Å². The summed E-state index contributed by atoms with van der Waals surface area (Å²) in [6.45, 7) is 2.15. The summed E-state index contributed by atoms with van der Waals surface area (Å²) in [6, 6.07) is 0.407. The highest BCUT2D eigenvalue weighted by Crippen LogP contribution is 2.27. The minimum absolute atomic E-state index is 0.385. The zero-order chi connectivity index (χ0) is 9.26. The highest BCUT2D eigenvalue weighted by Gasteiger charge is 2.22. The fourth-order valence-electron chi connectivity index (χ4n) is 2.28. The number of rotatable bonds is 1. The van der Waals surface area contributed by atoms with Crippen LogP contribution in [0.1, 0.15) is 39.0 Å². The summed E-state index contributed by atoms with van der Waals surface area (Å²) < 4.78 is 5.74. The van der Waals surface area contributed by atoms with Crippen molar-refractivity contribution in [1.29, 1.82) is 0 Å². The fraction of sp³-hybridized carbons (Fsp3) is 0.818. The molecule has 13 heavy (non-hydrogen) atoms. The second-order valence-corrected chi connectivity index (χ2v) is 4.39. The summed E-state index contributed by atoms with van der Waals surface area (Å²) in [6.07, 6.45) is 9.00. The number of hydrogen-bond acceptors (Lipinski definition) is 2. The van der Waals surface area contributed by atoms with E-state index in [0.717, 1.165) is 12.8 Å². The van der Waals surface area contributed by atoms with E-state index in [4.69, 9.17) is 10.5 Å². The Bertz CT molecular complexity index is 212. The Morgan fingerprint density at radius 1 is 1.38 bits per heavy atom. The topological polar surface area (TPSA) is 35.2 Å². The van der Waals surface area contributed by atoms with Crippen LogP contribution in [0.15, 0.2) is 11.6 Å². The lowest BCUT2D eigenvalue weighted by molar-refractivity contribution is 0.0828. The van der Waals surface area contributed by atoms with E-state index < -0.39 is 0 Å². The molecule has 1 saturated heterocycles. The molecule has 0 spiro atoms. The zero-order valence-corrected chi connectivity index (χ0v) is 8.33. The Balaban J connectivity index is 1.89. The molecule has 3 atom stereocenters. The summed E-state index contributed by atoms with van der Waals surface area (Å²) in [4.78, 5) is 0. The molecule has 74 valence electrons. The average molecular weight is 181 g/mol.